The van der Waals surface area contributed by atoms with Gasteiger partial charge in [0.1, 0.15) is 0 Å². The van der Waals surface area contributed by atoms with Gasteiger partial charge in [0.15, 0.2) is 0 Å². The van der Waals surface area contributed by atoms with Crippen LogP contribution in [0.15, 0.2) is 11.6 Å². The van der Waals surface area contributed by atoms with E-state index in [-0.39, 0.29) is 0 Å². The average Bonchev–Trinajstić information content (AvgIpc) is 2.49. The minimum atomic E-state index is -1.79. The van der Waals surface area contributed by atoms with E-state index in [4.69, 9.17) is 0 Å². The minimum absolute atomic E-state index is 0.579. The van der Waals surface area contributed by atoms with E-state index < -0.39 is 7.14 Å². The number of allylic oxidation sites excluding steroid dienone is 2. The molecule has 0 aromatic rings. The number of hydrogen-bond acceptors (Lipinski definition) is 1. The maximum Gasteiger partial charge on any atom is 0.0980 e. The molecule has 0 saturated heterocycles. The second-order valence-corrected chi connectivity index (χ2v) is 7.95. The lowest BCUT2D eigenvalue weighted by Crippen LogP contribution is -2.14. The highest BCUT2D eigenvalue weighted by molar-refractivity contribution is 7.65. The van der Waals surface area contributed by atoms with Crippen LogP contribution in [0.4, 0.5) is 0 Å². The topological polar surface area (TPSA) is 17.1 Å². The molecule has 2 rings (SSSR count). The molecule has 0 aromatic heterocycles. The lowest BCUT2D eigenvalue weighted by atomic mass is 10.0. The number of rotatable bonds is 1. The standard InChI is InChI=1S/C11H19OP/c1-10-7-8-13(12,9-10)11-5-3-2-4-6-11/h7,11H,2-6,8-9H2,1H3. The van der Waals surface area contributed by atoms with Crippen LogP contribution in [0.1, 0.15) is 39.0 Å². The van der Waals surface area contributed by atoms with Crippen molar-refractivity contribution in [1.29, 1.82) is 0 Å². The molecule has 74 valence electrons. The van der Waals surface area contributed by atoms with Crippen molar-refractivity contribution in [3.63, 3.8) is 0 Å². The Hall–Kier alpha value is -0.0300. The first-order chi connectivity index (χ1) is 6.21. The maximum absolute atomic E-state index is 12.5. The lowest BCUT2D eigenvalue weighted by Gasteiger charge is -2.27. The smallest absolute Gasteiger partial charge is 0.0980 e. The molecular formula is C11H19OP. The van der Waals surface area contributed by atoms with E-state index in [0.717, 1.165) is 12.3 Å². The van der Waals surface area contributed by atoms with Gasteiger partial charge >= 0.3 is 0 Å². The van der Waals surface area contributed by atoms with Gasteiger partial charge in [-0.05, 0) is 19.8 Å². The van der Waals surface area contributed by atoms with Gasteiger partial charge in [-0.2, -0.15) is 0 Å². The molecule has 1 atom stereocenters. The fraction of sp³-hybridized carbons (Fsp3) is 0.818. The van der Waals surface area contributed by atoms with E-state index >= 15 is 0 Å². The monoisotopic (exact) mass is 198 g/mol. The molecule has 0 amide bonds. The Kier molecular flexibility index (Phi) is 2.65. The Morgan fingerprint density at radius 2 is 2.00 bits per heavy atom. The van der Waals surface area contributed by atoms with Crippen molar-refractivity contribution in [2.75, 3.05) is 12.3 Å². The highest BCUT2D eigenvalue weighted by Crippen LogP contribution is 2.59. The summed E-state index contributed by atoms with van der Waals surface area (Å²) in [5, 5.41) is 0. The third-order valence-electron chi connectivity index (χ3n) is 3.51. The summed E-state index contributed by atoms with van der Waals surface area (Å²) in [5.74, 6) is 0. The summed E-state index contributed by atoms with van der Waals surface area (Å²) < 4.78 is 12.5. The van der Waals surface area contributed by atoms with Gasteiger partial charge in [-0.1, -0.05) is 30.9 Å². The summed E-state index contributed by atoms with van der Waals surface area (Å²) in [5.41, 5.74) is 1.95. The molecule has 2 aliphatic rings. The van der Waals surface area contributed by atoms with Crippen molar-refractivity contribution in [3.05, 3.63) is 11.6 Å². The van der Waals surface area contributed by atoms with Gasteiger partial charge in [0, 0.05) is 18.0 Å². The van der Waals surface area contributed by atoms with Crippen LogP contribution in [0.3, 0.4) is 0 Å². The van der Waals surface area contributed by atoms with Crippen molar-refractivity contribution < 1.29 is 4.57 Å². The molecule has 0 bridgehead atoms. The van der Waals surface area contributed by atoms with Crippen LogP contribution in [0.2, 0.25) is 0 Å². The van der Waals surface area contributed by atoms with Gasteiger partial charge in [0.05, 0.1) is 7.14 Å². The van der Waals surface area contributed by atoms with Gasteiger partial charge in [-0.25, -0.2) is 0 Å². The fourth-order valence-corrected chi connectivity index (χ4v) is 6.28. The summed E-state index contributed by atoms with van der Waals surface area (Å²) in [6.45, 7) is 2.13. The Bertz CT molecular complexity index is 261. The van der Waals surface area contributed by atoms with E-state index in [2.05, 4.69) is 13.0 Å². The first-order valence-corrected chi connectivity index (χ1v) is 7.59. The molecule has 0 radical (unpaired) electrons. The highest BCUT2D eigenvalue weighted by Gasteiger charge is 2.35. The molecule has 0 aromatic carbocycles. The molecule has 1 fully saturated rings. The number of hydrogen-bond donors (Lipinski definition) is 0. The molecule has 1 aliphatic heterocycles. The van der Waals surface area contributed by atoms with Crippen molar-refractivity contribution in [2.45, 2.75) is 44.7 Å². The largest absolute Gasteiger partial charge is 0.323 e. The van der Waals surface area contributed by atoms with Crippen molar-refractivity contribution in [3.8, 4) is 0 Å². The van der Waals surface area contributed by atoms with E-state index in [1.165, 1.54) is 37.7 Å². The third kappa shape index (κ3) is 1.91. The third-order valence-corrected chi connectivity index (χ3v) is 7.19. The zero-order valence-corrected chi connectivity index (χ0v) is 9.35. The van der Waals surface area contributed by atoms with Crippen LogP contribution in [0.25, 0.3) is 0 Å². The molecule has 1 saturated carbocycles. The summed E-state index contributed by atoms with van der Waals surface area (Å²) in [4.78, 5) is 0. The molecule has 1 aliphatic carbocycles. The van der Waals surface area contributed by atoms with Gasteiger partial charge < -0.3 is 4.57 Å². The SMILES string of the molecule is CC1=CCP(=O)(C2CCCCC2)C1. The first kappa shape index (κ1) is 9.52. The van der Waals surface area contributed by atoms with E-state index in [0.29, 0.717) is 5.66 Å². The van der Waals surface area contributed by atoms with Crippen LogP contribution in [0, 0.1) is 0 Å². The predicted molar refractivity (Wildman–Crippen MR) is 58.0 cm³/mol. The normalized spacial score (nSPS) is 36.2. The molecular weight excluding hydrogens is 179 g/mol. The Morgan fingerprint density at radius 1 is 1.31 bits per heavy atom. The summed E-state index contributed by atoms with van der Waals surface area (Å²) >= 11 is 0. The lowest BCUT2D eigenvalue weighted by molar-refractivity contribution is 0.485. The first-order valence-electron chi connectivity index (χ1n) is 5.44. The Morgan fingerprint density at radius 3 is 2.54 bits per heavy atom. The van der Waals surface area contributed by atoms with Crippen molar-refractivity contribution in [2.24, 2.45) is 0 Å². The van der Waals surface area contributed by atoms with Crippen LogP contribution >= 0.6 is 7.14 Å². The summed E-state index contributed by atoms with van der Waals surface area (Å²) in [7, 11) is -1.79. The van der Waals surface area contributed by atoms with E-state index in [1.807, 2.05) is 0 Å². The molecule has 0 spiro atoms. The summed E-state index contributed by atoms with van der Waals surface area (Å²) in [6.07, 6.45) is 10.5. The summed E-state index contributed by atoms with van der Waals surface area (Å²) in [6, 6.07) is 0. The van der Waals surface area contributed by atoms with Gasteiger partial charge in [0.2, 0.25) is 0 Å². The zero-order valence-electron chi connectivity index (χ0n) is 8.46. The predicted octanol–water partition coefficient (Wildman–Crippen LogP) is 3.64. The van der Waals surface area contributed by atoms with Gasteiger partial charge in [-0.15, -0.1) is 0 Å². The van der Waals surface area contributed by atoms with E-state index in [1.54, 1.807) is 0 Å². The molecule has 1 unspecified atom stereocenters. The quantitative estimate of drug-likeness (QED) is 0.464. The minimum Gasteiger partial charge on any atom is -0.323 e. The second kappa shape index (κ2) is 3.61. The molecule has 1 heterocycles. The van der Waals surface area contributed by atoms with Crippen LogP contribution in [0.5, 0.6) is 0 Å². The highest BCUT2D eigenvalue weighted by atomic mass is 31.2. The van der Waals surface area contributed by atoms with Crippen LogP contribution in [-0.4, -0.2) is 18.0 Å². The second-order valence-electron chi connectivity index (χ2n) is 4.64. The molecule has 13 heavy (non-hydrogen) atoms. The maximum atomic E-state index is 12.5. The van der Waals surface area contributed by atoms with Gasteiger partial charge in [-0.3, -0.25) is 0 Å². The molecule has 2 heteroatoms. The average molecular weight is 198 g/mol. The molecule has 1 nitrogen and oxygen atoms in total. The van der Waals surface area contributed by atoms with E-state index in [9.17, 15) is 4.57 Å². The Labute approximate surface area is 81.0 Å². The van der Waals surface area contributed by atoms with Crippen LogP contribution < -0.4 is 0 Å². The molecule has 0 N–H and O–H groups in total. The fourth-order valence-electron chi connectivity index (χ4n) is 2.69. The Balaban J connectivity index is 2.03. The zero-order chi connectivity index (χ0) is 9.31. The van der Waals surface area contributed by atoms with Crippen LogP contribution in [-0.2, 0) is 4.57 Å². The van der Waals surface area contributed by atoms with Crippen molar-refractivity contribution in [1.82, 2.24) is 0 Å². The van der Waals surface area contributed by atoms with Gasteiger partial charge in [0.25, 0.3) is 0 Å². The van der Waals surface area contributed by atoms with Crippen molar-refractivity contribution >= 4 is 7.14 Å².